The van der Waals surface area contributed by atoms with Gasteiger partial charge in [-0.05, 0) is 18.6 Å². The number of pyridine rings is 1. The summed E-state index contributed by atoms with van der Waals surface area (Å²) in [6.45, 7) is 6.35. The Morgan fingerprint density at radius 2 is 2.00 bits per heavy atom. The molecule has 20 heavy (non-hydrogen) atoms. The monoisotopic (exact) mass is 275 g/mol. The van der Waals surface area contributed by atoms with E-state index in [9.17, 15) is 4.79 Å². The third-order valence-corrected chi connectivity index (χ3v) is 4.11. The van der Waals surface area contributed by atoms with Crippen molar-refractivity contribution in [2.24, 2.45) is 5.41 Å². The minimum absolute atomic E-state index is 0.147. The molecule has 0 saturated carbocycles. The van der Waals surface area contributed by atoms with Gasteiger partial charge in [-0.3, -0.25) is 4.98 Å². The maximum absolute atomic E-state index is 11.8. The third-order valence-electron chi connectivity index (χ3n) is 4.11. The zero-order valence-corrected chi connectivity index (χ0v) is 11.9. The van der Waals surface area contributed by atoms with Crippen LogP contribution in [-0.2, 0) is 4.74 Å². The van der Waals surface area contributed by atoms with Gasteiger partial charge in [-0.15, -0.1) is 0 Å². The lowest BCUT2D eigenvalue weighted by Gasteiger charge is -2.60. The number of nitrogens with zero attached hydrogens (tertiary/aromatic N) is 3. The van der Waals surface area contributed by atoms with Crippen LogP contribution < -0.4 is 4.90 Å². The second-order valence-electron chi connectivity index (χ2n) is 5.89. The summed E-state index contributed by atoms with van der Waals surface area (Å²) in [6, 6.07) is 4.06. The van der Waals surface area contributed by atoms with Crippen LogP contribution in [0.15, 0.2) is 24.5 Å². The second kappa shape index (κ2) is 5.31. The standard InChI is InChI=1S/C15H21N3O2/c1-2-3-8-20-14(19)18-11-15(12-18)9-17(10-15)13-4-6-16-7-5-13/h4-7H,2-3,8-12H2,1H3. The SMILES string of the molecule is CCCCOC(=O)N1CC2(C1)CN(c1ccncc1)C2. The van der Waals surface area contributed by atoms with Crippen LogP contribution in [0.1, 0.15) is 19.8 Å². The van der Waals surface area contributed by atoms with Crippen molar-refractivity contribution in [2.75, 3.05) is 37.7 Å². The number of anilines is 1. The van der Waals surface area contributed by atoms with Gasteiger partial charge in [-0.25, -0.2) is 4.79 Å². The largest absolute Gasteiger partial charge is 0.449 e. The number of ether oxygens (including phenoxy) is 1. The summed E-state index contributed by atoms with van der Waals surface area (Å²) in [5, 5.41) is 0. The minimum Gasteiger partial charge on any atom is -0.449 e. The van der Waals surface area contributed by atoms with E-state index < -0.39 is 0 Å². The topological polar surface area (TPSA) is 45.7 Å². The van der Waals surface area contributed by atoms with Gasteiger partial charge >= 0.3 is 6.09 Å². The van der Waals surface area contributed by atoms with Crippen molar-refractivity contribution >= 4 is 11.8 Å². The Labute approximate surface area is 119 Å². The van der Waals surface area contributed by atoms with E-state index in [1.807, 2.05) is 29.4 Å². The number of likely N-dealkylation sites (tertiary alicyclic amines) is 1. The molecular formula is C15H21N3O2. The lowest BCUT2D eigenvalue weighted by Crippen LogP contribution is -2.73. The summed E-state index contributed by atoms with van der Waals surface area (Å²) in [5.74, 6) is 0. The van der Waals surface area contributed by atoms with Crippen LogP contribution in [0, 0.1) is 5.41 Å². The molecule has 0 aromatic carbocycles. The Hall–Kier alpha value is -1.78. The van der Waals surface area contributed by atoms with Crippen LogP contribution in [0.3, 0.4) is 0 Å². The molecule has 0 atom stereocenters. The van der Waals surface area contributed by atoms with E-state index in [1.54, 1.807) is 0 Å². The fraction of sp³-hybridized carbons (Fsp3) is 0.600. The molecule has 0 bridgehead atoms. The Morgan fingerprint density at radius 3 is 2.65 bits per heavy atom. The summed E-state index contributed by atoms with van der Waals surface area (Å²) in [5.41, 5.74) is 1.52. The Bertz CT molecular complexity index is 463. The van der Waals surface area contributed by atoms with E-state index in [4.69, 9.17) is 4.74 Å². The van der Waals surface area contributed by atoms with Crippen molar-refractivity contribution in [3.05, 3.63) is 24.5 Å². The number of unbranched alkanes of at least 4 members (excludes halogenated alkanes) is 1. The van der Waals surface area contributed by atoms with Gasteiger partial charge in [0.1, 0.15) is 0 Å². The predicted molar refractivity (Wildman–Crippen MR) is 76.7 cm³/mol. The highest BCUT2D eigenvalue weighted by Crippen LogP contribution is 2.41. The molecule has 108 valence electrons. The second-order valence-corrected chi connectivity index (χ2v) is 5.89. The highest BCUT2D eigenvalue weighted by Gasteiger charge is 2.53. The fourth-order valence-electron chi connectivity index (χ4n) is 2.99. The first-order valence-electron chi connectivity index (χ1n) is 7.29. The minimum atomic E-state index is -0.147. The van der Waals surface area contributed by atoms with Gasteiger partial charge < -0.3 is 14.5 Å². The average molecular weight is 275 g/mol. The quantitative estimate of drug-likeness (QED) is 0.790. The molecule has 3 rings (SSSR count). The predicted octanol–water partition coefficient (Wildman–Crippen LogP) is 2.14. The molecule has 0 unspecified atom stereocenters. The number of hydrogen-bond donors (Lipinski definition) is 0. The lowest BCUT2D eigenvalue weighted by atomic mass is 9.73. The van der Waals surface area contributed by atoms with Crippen LogP contribution in [0.25, 0.3) is 0 Å². The first kappa shape index (κ1) is 13.2. The molecular weight excluding hydrogens is 254 g/mol. The molecule has 1 amide bonds. The average Bonchev–Trinajstić information content (AvgIpc) is 2.37. The maximum Gasteiger partial charge on any atom is 0.409 e. The van der Waals surface area contributed by atoms with Crippen molar-refractivity contribution < 1.29 is 9.53 Å². The van der Waals surface area contributed by atoms with E-state index in [-0.39, 0.29) is 6.09 Å². The van der Waals surface area contributed by atoms with Crippen molar-refractivity contribution in [1.29, 1.82) is 0 Å². The molecule has 5 nitrogen and oxygen atoms in total. The molecule has 2 saturated heterocycles. The maximum atomic E-state index is 11.8. The number of carbonyl (C=O) groups is 1. The zero-order valence-electron chi connectivity index (χ0n) is 11.9. The summed E-state index contributed by atoms with van der Waals surface area (Å²) in [6.07, 6.45) is 5.49. The van der Waals surface area contributed by atoms with Crippen LogP contribution in [0.4, 0.5) is 10.5 Å². The number of hydrogen-bond acceptors (Lipinski definition) is 4. The van der Waals surface area contributed by atoms with Gasteiger partial charge in [-0.1, -0.05) is 13.3 Å². The van der Waals surface area contributed by atoms with Crippen molar-refractivity contribution in [3.63, 3.8) is 0 Å². The van der Waals surface area contributed by atoms with E-state index in [0.717, 1.165) is 39.0 Å². The summed E-state index contributed by atoms with van der Waals surface area (Å²) >= 11 is 0. The Balaban J connectivity index is 1.42. The van der Waals surface area contributed by atoms with Crippen LogP contribution in [-0.4, -0.2) is 48.8 Å². The molecule has 1 aromatic heterocycles. The van der Waals surface area contributed by atoms with Gasteiger partial charge in [0.15, 0.2) is 0 Å². The van der Waals surface area contributed by atoms with E-state index in [1.165, 1.54) is 5.69 Å². The smallest absolute Gasteiger partial charge is 0.409 e. The first-order valence-corrected chi connectivity index (χ1v) is 7.29. The first-order chi connectivity index (χ1) is 9.72. The highest BCUT2D eigenvalue weighted by molar-refractivity contribution is 5.69. The summed E-state index contributed by atoms with van der Waals surface area (Å²) in [7, 11) is 0. The number of amides is 1. The van der Waals surface area contributed by atoms with E-state index >= 15 is 0 Å². The summed E-state index contributed by atoms with van der Waals surface area (Å²) in [4.78, 5) is 19.9. The highest BCUT2D eigenvalue weighted by atomic mass is 16.6. The van der Waals surface area contributed by atoms with Gasteiger partial charge in [0.25, 0.3) is 0 Å². The number of rotatable bonds is 4. The lowest BCUT2D eigenvalue weighted by molar-refractivity contribution is -0.0207. The molecule has 5 heteroatoms. The third kappa shape index (κ3) is 2.44. The van der Waals surface area contributed by atoms with E-state index in [2.05, 4.69) is 16.8 Å². The molecule has 1 spiro atoms. The van der Waals surface area contributed by atoms with Crippen molar-refractivity contribution in [2.45, 2.75) is 19.8 Å². The molecule has 0 radical (unpaired) electrons. The van der Waals surface area contributed by atoms with E-state index in [0.29, 0.717) is 12.0 Å². The molecule has 2 aliphatic heterocycles. The van der Waals surface area contributed by atoms with Crippen LogP contribution in [0.5, 0.6) is 0 Å². The molecule has 0 N–H and O–H groups in total. The van der Waals surface area contributed by atoms with Crippen LogP contribution >= 0.6 is 0 Å². The molecule has 2 aliphatic rings. The Morgan fingerprint density at radius 1 is 1.30 bits per heavy atom. The Kier molecular flexibility index (Phi) is 3.51. The normalized spacial score (nSPS) is 19.4. The van der Waals surface area contributed by atoms with Crippen molar-refractivity contribution in [1.82, 2.24) is 9.88 Å². The van der Waals surface area contributed by atoms with Gasteiger partial charge in [0.2, 0.25) is 0 Å². The molecule has 1 aromatic rings. The number of aromatic nitrogens is 1. The molecule has 3 heterocycles. The van der Waals surface area contributed by atoms with Gasteiger partial charge in [0.05, 0.1) is 6.61 Å². The summed E-state index contributed by atoms with van der Waals surface area (Å²) < 4.78 is 5.22. The number of carbonyl (C=O) groups excluding carboxylic acids is 1. The van der Waals surface area contributed by atoms with Crippen LogP contribution in [0.2, 0.25) is 0 Å². The zero-order chi connectivity index (χ0) is 14.0. The molecule has 0 aliphatic carbocycles. The van der Waals surface area contributed by atoms with Crippen molar-refractivity contribution in [3.8, 4) is 0 Å². The molecule has 2 fully saturated rings. The van der Waals surface area contributed by atoms with Gasteiger partial charge in [-0.2, -0.15) is 0 Å². The fourth-order valence-corrected chi connectivity index (χ4v) is 2.99. The van der Waals surface area contributed by atoms with Gasteiger partial charge in [0, 0.05) is 49.7 Å².